The Bertz CT molecular complexity index is 580. The zero-order valence-corrected chi connectivity index (χ0v) is 9.97. The molecular formula is C15H15NO2. The molecule has 92 valence electrons. The maximum Gasteiger partial charge on any atom is 0.122 e. The summed E-state index contributed by atoms with van der Waals surface area (Å²) >= 11 is 0. The van der Waals surface area contributed by atoms with Gasteiger partial charge >= 0.3 is 0 Å². The Balaban J connectivity index is 1.98. The number of benzene rings is 2. The van der Waals surface area contributed by atoms with Gasteiger partial charge in [-0.3, -0.25) is 0 Å². The fourth-order valence-corrected chi connectivity index (χ4v) is 2.32. The highest BCUT2D eigenvalue weighted by molar-refractivity contribution is 5.51. The SMILES string of the molecule is Nc1ccccc1C(O)c1ccc2c(c1)CCO2. The van der Waals surface area contributed by atoms with E-state index in [4.69, 9.17) is 10.5 Å². The van der Waals surface area contributed by atoms with Crippen molar-refractivity contribution in [3.8, 4) is 5.75 Å². The van der Waals surface area contributed by atoms with Crippen LogP contribution in [-0.4, -0.2) is 11.7 Å². The van der Waals surface area contributed by atoms with Crippen LogP contribution in [0.2, 0.25) is 0 Å². The molecule has 0 aliphatic carbocycles. The molecule has 2 aromatic rings. The molecule has 0 fully saturated rings. The van der Waals surface area contributed by atoms with Crippen molar-refractivity contribution in [2.24, 2.45) is 0 Å². The van der Waals surface area contributed by atoms with Gasteiger partial charge in [-0.1, -0.05) is 24.3 Å². The highest BCUT2D eigenvalue weighted by Gasteiger charge is 2.17. The van der Waals surface area contributed by atoms with Crippen molar-refractivity contribution in [3.05, 3.63) is 59.2 Å². The second-order valence-corrected chi connectivity index (χ2v) is 4.50. The maximum absolute atomic E-state index is 10.4. The lowest BCUT2D eigenvalue weighted by Gasteiger charge is -2.14. The molecule has 3 heteroatoms. The topological polar surface area (TPSA) is 55.5 Å². The van der Waals surface area contributed by atoms with Gasteiger partial charge in [0.25, 0.3) is 0 Å². The van der Waals surface area contributed by atoms with Crippen molar-refractivity contribution in [2.75, 3.05) is 12.3 Å². The lowest BCUT2D eigenvalue weighted by Crippen LogP contribution is -2.03. The van der Waals surface area contributed by atoms with Crippen LogP contribution >= 0.6 is 0 Å². The van der Waals surface area contributed by atoms with E-state index in [-0.39, 0.29) is 0 Å². The van der Waals surface area contributed by atoms with E-state index in [0.29, 0.717) is 5.69 Å². The number of rotatable bonds is 2. The normalized spacial score (nSPS) is 14.9. The van der Waals surface area contributed by atoms with Crippen LogP contribution in [-0.2, 0) is 6.42 Å². The number of nitrogens with two attached hydrogens (primary N) is 1. The molecule has 3 nitrogen and oxygen atoms in total. The quantitative estimate of drug-likeness (QED) is 0.793. The van der Waals surface area contributed by atoms with Gasteiger partial charge in [0.15, 0.2) is 0 Å². The van der Waals surface area contributed by atoms with Crippen molar-refractivity contribution in [2.45, 2.75) is 12.5 Å². The molecule has 0 saturated heterocycles. The van der Waals surface area contributed by atoms with E-state index in [0.717, 1.165) is 35.5 Å². The third kappa shape index (κ3) is 1.83. The summed E-state index contributed by atoms with van der Waals surface area (Å²) in [6, 6.07) is 13.2. The summed E-state index contributed by atoms with van der Waals surface area (Å²) in [5.41, 5.74) is 9.26. The Morgan fingerprint density at radius 3 is 2.83 bits per heavy atom. The summed E-state index contributed by atoms with van der Waals surface area (Å²) in [7, 11) is 0. The van der Waals surface area contributed by atoms with Gasteiger partial charge < -0.3 is 15.6 Å². The summed E-state index contributed by atoms with van der Waals surface area (Å²) in [5, 5.41) is 10.4. The molecule has 0 aromatic heterocycles. The Hall–Kier alpha value is -2.00. The smallest absolute Gasteiger partial charge is 0.122 e. The molecule has 3 N–H and O–H groups in total. The van der Waals surface area contributed by atoms with E-state index in [1.807, 2.05) is 36.4 Å². The van der Waals surface area contributed by atoms with Crippen molar-refractivity contribution < 1.29 is 9.84 Å². The predicted octanol–water partition coefficient (Wildman–Crippen LogP) is 2.29. The largest absolute Gasteiger partial charge is 0.493 e. The molecule has 18 heavy (non-hydrogen) atoms. The Labute approximate surface area is 106 Å². The molecule has 0 radical (unpaired) electrons. The minimum atomic E-state index is -0.683. The first-order valence-electron chi connectivity index (χ1n) is 6.04. The second-order valence-electron chi connectivity index (χ2n) is 4.50. The molecule has 0 amide bonds. The zero-order chi connectivity index (χ0) is 12.5. The van der Waals surface area contributed by atoms with Crippen LogP contribution < -0.4 is 10.5 Å². The third-order valence-electron chi connectivity index (χ3n) is 3.32. The fourth-order valence-electron chi connectivity index (χ4n) is 2.32. The first kappa shape index (κ1) is 11.1. The first-order valence-corrected chi connectivity index (χ1v) is 6.04. The van der Waals surface area contributed by atoms with E-state index < -0.39 is 6.10 Å². The molecule has 1 unspecified atom stereocenters. The van der Waals surface area contributed by atoms with E-state index >= 15 is 0 Å². The van der Waals surface area contributed by atoms with E-state index in [9.17, 15) is 5.11 Å². The third-order valence-corrected chi connectivity index (χ3v) is 3.32. The first-order chi connectivity index (χ1) is 8.75. The van der Waals surface area contributed by atoms with Gasteiger partial charge in [-0.2, -0.15) is 0 Å². The van der Waals surface area contributed by atoms with E-state index in [2.05, 4.69) is 0 Å². The van der Waals surface area contributed by atoms with Gasteiger partial charge in [-0.25, -0.2) is 0 Å². The Morgan fingerprint density at radius 1 is 1.17 bits per heavy atom. The summed E-state index contributed by atoms with van der Waals surface area (Å²) in [5.74, 6) is 0.923. The van der Waals surface area contributed by atoms with Crippen LogP contribution in [0, 0.1) is 0 Å². The molecule has 2 aromatic carbocycles. The van der Waals surface area contributed by atoms with Crippen molar-refractivity contribution in [3.63, 3.8) is 0 Å². The number of aliphatic hydroxyl groups excluding tert-OH is 1. The highest BCUT2D eigenvalue weighted by atomic mass is 16.5. The van der Waals surface area contributed by atoms with Crippen LogP contribution in [0.4, 0.5) is 5.69 Å². The van der Waals surface area contributed by atoms with Gasteiger partial charge in [0.2, 0.25) is 0 Å². The van der Waals surface area contributed by atoms with Crippen LogP contribution in [0.3, 0.4) is 0 Å². The van der Waals surface area contributed by atoms with Gasteiger partial charge in [-0.05, 0) is 29.3 Å². The molecule has 1 atom stereocenters. The number of ether oxygens (including phenoxy) is 1. The van der Waals surface area contributed by atoms with Gasteiger partial charge in [0.05, 0.1) is 6.61 Å². The van der Waals surface area contributed by atoms with Crippen molar-refractivity contribution >= 4 is 5.69 Å². The average molecular weight is 241 g/mol. The monoisotopic (exact) mass is 241 g/mol. The van der Waals surface area contributed by atoms with Crippen LogP contribution in [0.1, 0.15) is 22.8 Å². The minimum absolute atomic E-state index is 0.613. The van der Waals surface area contributed by atoms with Gasteiger partial charge in [-0.15, -0.1) is 0 Å². The molecule has 1 aliphatic heterocycles. The Kier molecular flexibility index (Phi) is 2.68. The summed E-state index contributed by atoms with van der Waals surface area (Å²) in [6.45, 7) is 0.725. The lowest BCUT2D eigenvalue weighted by atomic mass is 9.98. The molecule has 0 bridgehead atoms. The number of fused-ring (bicyclic) bond motifs is 1. The summed E-state index contributed by atoms with van der Waals surface area (Å²) in [6.07, 6.45) is 0.220. The molecule has 1 aliphatic rings. The van der Waals surface area contributed by atoms with Crippen molar-refractivity contribution in [1.82, 2.24) is 0 Å². The number of para-hydroxylation sites is 1. The number of nitrogen functional groups attached to an aromatic ring is 1. The standard InChI is InChI=1S/C15H15NO2/c16-13-4-2-1-3-12(13)15(17)11-5-6-14-10(9-11)7-8-18-14/h1-6,9,15,17H,7-8,16H2. The predicted molar refractivity (Wildman–Crippen MR) is 70.6 cm³/mol. The van der Waals surface area contributed by atoms with Crippen LogP contribution in [0.5, 0.6) is 5.75 Å². The summed E-state index contributed by atoms with van der Waals surface area (Å²) < 4.78 is 5.46. The van der Waals surface area contributed by atoms with E-state index in [1.54, 1.807) is 6.07 Å². The molecule has 0 spiro atoms. The molecule has 1 heterocycles. The zero-order valence-electron chi connectivity index (χ0n) is 9.97. The fraction of sp³-hybridized carbons (Fsp3) is 0.200. The highest BCUT2D eigenvalue weighted by Crippen LogP contribution is 2.32. The van der Waals surface area contributed by atoms with Crippen LogP contribution in [0.15, 0.2) is 42.5 Å². The molecular weight excluding hydrogens is 226 g/mol. The van der Waals surface area contributed by atoms with E-state index in [1.165, 1.54) is 0 Å². The van der Waals surface area contributed by atoms with Crippen molar-refractivity contribution in [1.29, 1.82) is 0 Å². The number of hydrogen-bond donors (Lipinski definition) is 2. The number of anilines is 1. The van der Waals surface area contributed by atoms with Crippen LogP contribution in [0.25, 0.3) is 0 Å². The number of aliphatic hydroxyl groups is 1. The second kappa shape index (κ2) is 4.35. The van der Waals surface area contributed by atoms with Gasteiger partial charge in [0, 0.05) is 17.7 Å². The Morgan fingerprint density at radius 2 is 2.00 bits per heavy atom. The summed E-state index contributed by atoms with van der Waals surface area (Å²) in [4.78, 5) is 0. The minimum Gasteiger partial charge on any atom is -0.493 e. The maximum atomic E-state index is 10.4. The lowest BCUT2D eigenvalue weighted by molar-refractivity contribution is 0.221. The van der Waals surface area contributed by atoms with Gasteiger partial charge in [0.1, 0.15) is 11.9 Å². The number of hydrogen-bond acceptors (Lipinski definition) is 3. The average Bonchev–Trinajstić information content (AvgIpc) is 2.85. The molecule has 3 rings (SSSR count). The molecule has 0 saturated carbocycles.